The van der Waals surface area contributed by atoms with Crippen LogP contribution in [0, 0.1) is 17.6 Å². The molecular formula is C6H3ClF3NO. The molecule has 6 heteroatoms. The fourth-order valence-corrected chi connectivity index (χ4v) is 0.857. The Balaban J connectivity index is 3.42. The van der Waals surface area contributed by atoms with Crippen LogP contribution in [-0.2, 0) is 6.61 Å². The number of hydrogen-bond donors (Lipinski definition) is 1. The predicted molar refractivity (Wildman–Crippen MR) is 35.0 cm³/mol. The molecule has 1 heterocycles. The molecular weight excluding hydrogens is 195 g/mol. The van der Waals surface area contributed by atoms with Gasteiger partial charge >= 0.3 is 0 Å². The first-order valence-electron chi connectivity index (χ1n) is 2.87. The summed E-state index contributed by atoms with van der Waals surface area (Å²) in [4.78, 5) is 2.72. The summed E-state index contributed by atoms with van der Waals surface area (Å²) in [5, 5.41) is 7.62. The SMILES string of the molecule is OCc1c(F)c(F)nc(Cl)c1F. The smallest absolute Gasteiger partial charge is 0.250 e. The van der Waals surface area contributed by atoms with Gasteiger partial charge < -0.3 is 5.11 Å². The summed E-state index contributed by atoms with van der Waals surface area (Å²) in [5.74, 6) is -4.28. The summed E-state index contributed by atoms with van der Waals surface area (Å²) < 4.78 is 37.6. The van der Waals surface area contributed by atoms with Gasteiger partial charge in [0.25, 0.3) is 5.95 Å². The number of halogens is 4. The van der Waals surface area contributed by atoms with E-state index in [0.29, 0.717) is 0 Å². The Bertz CT molecular complexity index is 292. The van der Waals surface area contributed by atoms with Gasteiger partial charge in [-0.1, -0.05) is 11.6 Å². The van der Waals surface area contributed by atoms with Crippen LogP contribution in [0.5, 0.6) is 0 Å². The third-order valence-electron chi connectivity index (χ3n) is 1.25. The van der Waals surface area contributed by atoms with Crippen LogP contribution in [0.1, 0.15) is 5.56 Å². The van der Waals surface area contributed by atoms with Gasteiger partial charge in [0.1, 0.15) is 0 Å². The molecule has 0 unspecified atom stereocenters. The topological polar surface area (TPSA) is 33.1 Å². The molecule has 2 nitrogen and oxygen atoms in total. The van der Waals surface area contributed by atoms with E-state index < -0.39 is 34.9 Å². The minimum atomic E-state index is -1.52. The van der Waals surface area contributed by atoms with E-state index in [9.17, 15) is 13.2 Å². The summed E-state index contributed by atoms with van der Waals surface area (Å²) in [7, 11) is 0. The normalized spacial score (nSPS) is 10.4. The quantitative estimate of drug-likeness (QED) is 0.695. The third kappa shape index (κ3) is 1.37. The fourth-order valence-electron chi connectivity index (χ4n) is 0.669. The van der Waals surface area contributed by atoms with Crippen LogP contribution in [-0.4, -0.2) is 10.1 Å². The van der Waals surface area contributed by atoms with Crippen molar-refractivity contribution in [3.63, 3.8) is 0 Å². The standard InChI is InChI=1S/C6H3ClF3NO/c7-5-3(8)2(1-12)4(9)6(10)11-5/h12H,1H2. The summed E-state index contributed by atoms with van der Waals surface area (Å²) >= 11 is 5.07. The summed E-state index contributed by atoms with van der Waals surface area (Å²) in [6, 6.07) is 0. The van der Waals surface area contributed by atoms with Gasteiger partial charge in [-0.15, -0.1) is 0 Å². The lowest BCUT2D eigenvalue weighted by Gasteiger charge is -2.02. The molecule has 1 aromatic rings. The van der Waals surface area contributed by atoms with Crippen LogP contribution in [0.3, 0.4) is 0 Å². The maximum atomic E-state index is 12.7. The van der Waals surface area contributed by atoms with Gasteiger partial charge in [0.2, 0.25) is 0 Å². The third-order valence-corrected chi connectivity index (χ3v) is 1.50. The van der Waals surface area contributed by atoms with Crippen molar-refractivity contribution in [2.75, 3.05) is 0 Å². The Kier molecular flexibility index (Phi) is 2.54. The summed E-state index contributed by atoms with van der Waals surface area (Å²) in [6.07, 6.45) is 0. The van der Waals surface area contributed by atoms with Crippen molar-refractivity contribution in [1.29, 1.82) is 0 Å². The molecule has 0 aliphatic rings. The number of aromatic nitrogens is 1. The van der Waals surface area contributed by atoms with Crippen molar-refractivity contribution in [3.8, 4) is 0 Å². The van der Waals surface area contributed by atoms with Gasteiger partial charge in [0.05, 0.1) is 12.2 Å². The highest BCUT2D eigenvalue weighted by Gasteiger charge is 2.18. The average Bonchev–Trinajstić information content (AvgIpc) is 2.02. The Labute approximate surface area is 70.6 Å². The first kappa shape index (κ1) is 9.28. The molecule has 1 aromatic heterocycles. The van der Waals surface area contributed by atoms with E-state index in [1.165, 1.54) is 0 Å². The molecule has 0 saturated heterocycles. The molecule has 66 valence electrons. The lowest BCUT2D eigenvalue weighted by Crippen LogP contribution is -2.02. The zero-order valence-corrected chi connectivity index (χ0v) is 6.37. The van der Waals surface area contributed by atoms with E-state index >= 15 is 0 Å². The van der Waals surface area contributed by atoms with E-state index in [0.717, 1.165) is 0 Å². The van der Waals surface area contributed by atoms with Crippen molar-refractivity contribution in [2.45, 2.75) is 6.61 Å². The molecule has 0 amide bonds. The van der Waals surface area contributed by atoms with Crippen molar-refractivity contribution in [2.24, 2.45) is 0 Å². The zero-order chi connectivity index (χ0) is 9.30. The highest BCUT2D eigenvalue weighted by molar-refractivity contribution is 6.29. The maximum Gasteiger partial charge on any atom is 0.250 e. The largest absolute Gasteiger partial charge is 0.391 e. The molecule has 0 atom stereocenters. The van der Waals surface area contributed by atoms with Crippen molar-refractivity contribution in [3.05, 3.63) is 28.3 Å². The average molecular weight is 198 g/mol. The van der Waals surface area contributed by atoms with Crippen LogP contribution in [0.25, 0.3) is 0 Å². The molecule has 0 aliphatic heterocycles. The molecule has 0 saturated carbocycles. The molecule has 1 rings (SSSR count). The Morgan fingerprint density at radius 1 is 1.25 bits per heavy atom. The van der Waals surface area contributed by atoms with E-state index in [-0.39, 0.29) is 0 Å². The Morgan fingerprint density at radius 2 is 1.83 bits per heavy atom. The number of aliphatic hydroxyl groups excluding tert-OH is 1. The predicted octanol–water partition coefficient (Wildman–Crippen LogP) is 1.64. The van der Waals surface area contributed by atoms with E-state index in [4.69, 9.17) is 16.7 Å². The van der Waals surface area contributed by atoms with Gasteiger partial charge in [-0.3, -0.25) is 0 Å². The first-order chi connectivity index (χ1) is 5.57. The van der Waals surface area contributed by atoms with E-state index in [1.54, 1.807) is 0 Å². The number of aliphatic hydroxyl groups is 1. The number of rotatable bonds is 1. The first-order valence-corrected chi connectivity index (χ1v) is 3.25. The second-order valence-electron chi connectivity index (χ2n) is 1.96. The van der Waals surface area contributed by atoms with Gasteiger partial charge in [0, 0.05) is 0 Å². The number of hydrogen-bond acceptors (Lipinski definition) is 2. The second-order valence-corrected chi connectivity index (χ2v) is 2.32. The van der Waals surface area contributed by atoms with Crippen molar-refractivity contribution >= 4 is 11.6 Å². The van der Waals surface area contributed by atoms with Crippen LogP contribution in [0.15, 0.2) is 0 Å². The molecule has 0 fully saturated rings. The monoisotopic (exact) mass is 197 g/mol. The maximum absolute atomic E-state index is 12.7. The molecule has 0 aromatic carbocycles. The van der Waals surface area contributed by atoms with Gasteiger partial charge in [-0.2, -0.15) is 4.39 Å². The van der Waals surface area contributed by atoms with Gasteiger partial charge in [0.15, 0.2) is 16.8 Å². The Hall–Kier alpha value is -0.810. The van der Waals surface area contributed by atoms with Crippen molar-refractivity contribution < 1.29 is 18.3 Å². The van der Waals surface area contributed by atoms with Crippen LogP contribution < -0.4 is 0 Å². The highest BCUT2D eigenvalue weighted by atomic mass is 35.5. The van der Waals surface area contributed by atoms with Gasteiger partial charge in [-0.25, -0.2) is 13.8 Å². The van der Waals surface area contributed by atoms with E-state index in [2.05, 4.69) is 4.98 Å². The molecule has 0 aliphatic carbocycles. The van der Waals surface area contributed by atoms with Crippen molar-refractivity contribution in [1.82, 2.24) is 4.98 Å². The summed E-state index contributed by atoms with van der Waals surface area (Å²) in [6.45, 7) is -0.961. The van der Waals surface area contributed by atoms with E-state index in [1.807, 2.05) is 0 Å². The highest BCUT2D eigenvalue weighted by Crippen LogP contribution is 2.20. The zero-order valence-electron chi connectivity index (χ0n) is 5.61. The second kappa shape index (κ2) is 3.28. The lowest BCUT2D eigenvalue weighted by atomic mass is 10.2. The molecule has 0 bridgehead atoms. The molecule has 0 radical (unpaired) electrons. The van der Waals surface area contributed by atoms with Crippen LogP contribution >= 0.6 is 11.6 Å². The Morgan fingerprint density at radius 3 is 2.33 bits per heavy atom. The number of nitrogens with zero attached hydrogens (tertiary/aromatic N) is 1. The molecule has 1 N–H and O–H groups in total. The molecule has 0 spiro atoms. The van der Waals surface area contributed by atoms with Crippen LogP contribution in [0.4, 0.5) is 13.2 Å². The fraction of sp³-hybridized carbons (Fsp3) is 0.167. The molecule has 12 heavy (non-hydrogen) atoms. The van der Waals surface area contributed by atoms with Crippen LogP contribution in [0.2, 0.25) is 5.15 Å². The summed E-state index contributed by atoms with van der Waals surface area (Å²) in [5.41, 5.74) is -0.812. The lowest BCUT2D eigenvalue weighted by molar-refractivity contribution is 0.264. The van der Waals surface area contributed by atoms with Gasteiger partial charge in [-0.05, 0) is 0 Å². The number of pyridine rings is 1. The minimum absolute atomic E-state index is 0.794. The minimum Gasteiger partial charge on any atom is -0.391 e.